The van der Waals surface area contributed by atoms with E-state index in [4.69, 9.17) is 4.74 Å². The van der Waals surface area contributed by atoms with Crippen LogP contribution in [-0.2, 0) is 19.1 Å². The van der Waals surface area contributed by atoms with Gasteiger partial charge in [0.05, 0.1) is 12.2 Å². The third-order valence-electron chi connectivity index (χ3n) is 11.7. The monoisotopic (exact) mass is 567 g/mol. The SMILES string of the molecule is CCC(C)(C)CC[C@](C)(CCOC(C)=O)CCC(C)(C)[C@]1(C)CC[C@H]2C(C)(C)C(=O)C(C#N)=C[C@]2(C)/C1=C/C(C)=O. The lowest BCUT2D eigenvalue weighted by Gasteiger charge is -2.61. The third kappa shape index (κ3) is 7.23. The molecular weight excluding hydrogens is 510 g/mol. The molecule has 0 bridgehead atoms. The first kappa shape index (κ1) is 35.0. The van der Waals surface area contributed by atoms with E-state index in [-0.39, 0.29) is 50.7 Å². The fraction of sp³-hybridized carbons (Fsp3) is 0.778. The van der Waals surface area contributed by atoms with Crippen LogP contribution in [0.25, 0.3) is 0 Å². The molecule has 0 saturated heterocycles. The molecule has 0 spiro atoms. The highest BCUT2D eigenvalue weighted by atomic mass is 16.5. The van der Waals surface area contributed by atoms with Crippen LogP contribution >= 0.6 is 0 Å². The second-order valence-corrected chi connectivity index (χ2v) is 15.9. The Morgan fingerprint density at radius 1 is 1.02 bits per heavy atom. The van der Waals surface area contributed by atoms with Crippen molar-refractivity contribution in [2.45, 2.75) is 134 Å². The number of fused-ring (bicyclic) bond motifs is 1. The van der Waals surface area contributed by atoms with E-state index in [0.717, 1.165) is 56.9 Å². The van der Waals surface area contributed by atoms with Crippen LogP contribution in [0.4, 0.5) is 0 Å². The van der Waals surface area contributed by atoms with Crippen molar-refractivity contribution in [3.8, 4) is 6.07 Å². The molecule has 1 saturated carbocycles. The molecule has 0 unspecified atom stereocenters. The van der Waals surface area contributed by atoms with Crippen molar-refractivity contribution in [1.82, 2.24) is 0 Å². The number of Topliss-reactive ketones (excluding diaryl/α,β-unsaturated/α-hetero) is 1. The summed E-state index contributed by atoms with van der Waals surface area (Å²) < 4.78 is 5.40. The Balaban J connectivity index is 2.51. The molecule has 2 rings (SSSR count). The molecule has 2 aliphatic carbocycles. The summed E-state index contributed by atoms with van der Waals surface area (Å²) in [5, 5.41) is 9.90. The number of ether oxygens (including phenoxy) is 1. The molecule has 41 heavy (non-hydrogen) atoms. The van der Waals surface area contributed by atoms with Gasteiger partial charge in [-0.05, 0) is 85.5 Å². The molecule has 4 atom stereocenters. The summed E-state index contributed by atoms with van der Waals surface area (Å²) in [6.45, 7) is 25.7. The van der Waals surface area contributed by atoms with Crippen molar-refractivity contribution in [3.63, 3.8) is 0 Å². The largest absolute Gasteiger partial charge is 0.466 e. The lowest BCUT2D eigenvalue weighted by atomic mass is 9.42. The molecule has 5 heteroatoms. The summed E-state index contributed by atoms with van der Waals surface area (Å²) in [7, 11) is 0. The zero-order valence-electron chi connectivity index (χ0n) is 28.2. The van der Waals surface area contributed by atoms with Crippen LogP contribution in [0.3, 0.4) is 0 Å². The molecule has 0 heterocycles. The minimum Gasteiger partial charge on any atom is -0.466 e. The van der Waals surface area contributed by atoms with Crippen molar-refractivity contribution in [1.29, 1.82) is 5.26 Å². The van der Waals surface area contributed by atoms with E-state index in [0.29, 0.717) is 6.61 Å². The van der Waals surface area contributed by atoms with Gasteiger partial charge in [-0.3, -0.25) is 14.4 Å². The van der Waals surface area contributed by atoms with Crippen molar-refractivity contribution in [2.75, 3.05) is 6.61 Å². The molecule has 0 aromatic rings. The number of allylic oxidation sites excluding steroid dienone is 4. The fourth-order valence-electron chi connectivity index (χ4n) is 7.64. The van der Waals surface area contributed by atoms with Gasteiger partial charge in [-0.25, -0.2) is 0 Å². The van der Waals surface area contributed by atoms with Gasteiger partial charge in [0, 0.05) is 17.8 Å². The number of carbonyl (C=O) groups is 3. The number of rotatable bonds is 12. The maximum Gasteiger partial charge on any atom is 0.302 e. The Morgan fingerprint density at radius 3 is 2.12 bits per heavy atom. The highest BCUT2D eigenvalue weighted by Crippen LogP contribution is 2.67. The summed E-state index contributed by atoms with van der Waals surface area (Å²) in [6.07, 6.45) is 11.4. The van der Waals surface area contributed by atoms with Crippen LogP contribution in [0.5, 0.6) is 0 Å². The van der Waals surface area contributed by atoms with Gasteiger partial charge >= 0.3 is 5.97 Å². The molecule has 0 aliphatic heterocycles. The number of hydrogen-bond donors (Lipinski definition) is 0. The van der Waals surface area contributed by atoms with Gasteiger partial charge in [-0.2, -0.15) is 5.26 Å². The Hall–Kier alpha value is -2.22. The molecule has 0 N–H and O–H groups in total. The molecule has 0 radical (unpaired) electrons. The number of nitriles is 1. The molecule has 0 aromatic heterocycles. The van der Waals surface area contributed by atoms with Gasteiger partial charge in [-0.15, -0.1) is 0 Å². The Bertz CT molecular complexity index is 1130. The highest BCUT2D eigenvalue weighted by molar-refractivity contribution is 6.04. The Morgan fingerprint density at radius 2 is 1.61 bits per heavy atom. The number of nitrogens with zero attached hydrogens (tertiary/aromatic N) is 1. The molecular formula is C36H57NO4. The maximum atomic E-state index is 13.2. The normalized spacial score (nSPS) is 28.8. The average Bonchev–Trinajstić information content (AvgIpc) is 2.86. The lowest BCUT2D eigenvalue weighted by Crippen LogP contribution is -2.55. The predicted molar refractivity (Wildman–Crippen MR) is 166 cm³/mol. The molecule has 230 valence electrons. The van der Waals surface area contributed by atoms with E-state index in [1.807, 2.05) is 26.0 Å². The summed E-state index contributed by atoms with van der Waals surface area (Å²) in [4.78, 5) is 37.5. The Kier molecular flexibility index (Phi) is 10.4. The van der Waals surface area contributed by atoms with Crippen LogP contribution in [0.1, 0.15) is 134 Å². The van der Waals surface area contributed by atoms with Gasteiger partial charge in [0.15, 0.2) is 11.6 Å². The minimum atomic E-state index is -0.683. The van der Waals surface area contributed by atoms with E-state index in [1.165, 1.54) is 6.92 Å². The standard InChI is InChI=1S/C36H57NO4/c1-13-31(4,5)16-18-34(10,20-21-41-26(3)39)19-17-32(6,7)36(12)15-14-28-33(8,9)30(40)27(24-37)23-35(28,11)29(36)22-25(2)38/h22-23,28H,13-21H2,1-12H3/b29-22-/t28-,34-,35-,36+/m0/s1. The number of esters is 1. The zero-order valence-corrected chi connectivity index (χ0v) is 28.2. The number of hydrogen-bond acceptors (Lipinski definition) is 5. The quantitative estimate of drug-likeness (QED) is 0.174. The van der Waals surface area contributed by atoms with E-state index in [2.05, 4.69) is 61.5 Å². The molecule has 0 aromatic carbocycles. The van der Waals surface area contributed by atoms with Gasteiger partial charge in [0.2, 0.25) is 0 Å². The van der Waals surface area contributed by atoms with Gasteiger partial charge < -0.3 is 4.74 Å². The van der Waals surface area contributed by atoms with E-state index < -0.39 is 10.8 Å². The zero-order chi connectivity index (χ0) is 31.7. The third-order valence-corrected chi connectivity index (χ3v) is 11.7. The first-order valence-electron chi connectivity index (χ1n) is 15.7. The summed E-state index contributed by atoms with van der Waals surface area (Å²) in [5.74, 6) is -0.319. The van der Waals surface area contributed by atoms with Crippen LogP contribution in [0.2, 0.25) is 0 Å². The topological polar surface area (TPSA) is 84.2 Å². The average molecular weight is 568 g/mol. The summed E-state index contributed by atoms with van der Waals surface area (Å²) in [5.41, 5.74) is -0.199. The van der Waals surface area contributed by atoms with Gasteiger partial charge in [0.25, 0.3) is 0 Å². The second-order valence-electron chi connectivity index (χ2n) is 15.9. The fourth-order valence-corrected chi connectivity index (χ4v) is 7.64. The van der Waals surface area contributed by atoms with Gasteiger partial charge in [0.1, 0.15) is 6.07 Å². The van der Waals surface area contributed by atoms with Crippen LogP contribution in [-0.4, -0.2) is 24.1 Å². The smallest absolute Gasteiger partial charge is 0.302 e. The lowest BCUT2D eigenvalue weighted by molar-refractivity contribution is -0.142. The van der Waals surface area contributed by atoms with E-state index in [9.17, 15) is 19.6 Å². The van der Waals surface area contributed by atoms with Gasteiger partial charge in [-0.1, -0.05) is 87.3 Å². The van der Waals surface area contributed by atoms with Crippen LogP contribution in [0.15, 0.2) is 23.3 Å². The first-order valence-corrected chi connectivity index (χ1v) is 15.7. The second kappa shape index (κ2) is 12.2. The predicted octanol–water partition coefficient (Wildman–Crippen LogP) is 8.97. The number of carbonyl (C=O) groups excluding carboxylic acids is 3. The van der Waals surface area contributed by atoms with Crippen LogP contribution in [0, 0.1) is 49.7 Å². The molecule has 1 fully saturated rings. The minimum absolute atomic E-state index is 0.00136. The van der Waals surface area contributed by atoms with Crippen molar-refractivity contribution >= 4 is 17.5 Å². The van der Waals surface area contributed by atoms with E-state index >= 15 is 0 Å². The number of ketones is 2. The molecule has 5 nitrogen and oxygen atoms in total. The summed E-state index contributed by atoms with van der Waals surface area (Å²) >= 11 is 0. The van der Waals surface area contributed by atoms with Crippen molar-refractivity contribution in [2.24, 2.45) is 38.4 Å². The molecule has 0 amide bonds. The highest BCUT2D eigenvalue weighted by Gasteiger charge is 2.61. The van der Waals surface area contributed by atoms with Crippen molar-refractivity contribution < 1.29 is 19.1 Å². The molecule has 2 aliphatic rings. The Labute approximate surface area is 250 Å². The van der Waals surface area contributed by atoms with Crippen molar-refractivity contribution in [3.05, 3.63) is 23.3 Å². The van der Waals surface area contributed by atoms with Crippen LogP contribution < -0.4 is 0 Å². The first-order chi connectivity index (χ1) is 18.6. The summed E-state index contributed by atoms with van der Waals surface area (Å²) in [6, 6.07) is 2.17. The van der Waals surface area contributed by atoms with E-state index in [1.54, 1.807) is 6.92 Å². The maximum absolute atomic E-state index is 13.2.